The zero-order valence-corrected chi connectivity index (χ0v) is 13.5. The van der Waals surface area contributed by atoms with Crippen molar-refractivity contribution in [2.24, 2.45) is 0 Å². The normalized spacial score (nSPS) is 17.1. The largest absolute Gasteiger partial charge is 0.496 e. The number of rotatable bonds is 4. The van der Waals surface area contributed by atoms with Crippen molar-refractivity contribution in [2.45, 2.75) is 23.8 Å². The van der Waals surface area contributed by atoms with E-state index in [1.54, 1.807) is 19.2 Å². The van der Waals surface area contributed by atoms with E-state index < -0.39 is 9.84 Å². The first-order chi connectivity index (χ1) is 10.5. The first kappa shape index (κ1) is 14.9. The second-order valence-corrected chi connectivity index (χ2v) is 7.52. The minimum atomic E-state index is -3.25. The maximum Gasteiger partial charge on any atom is 0.177 e. The van der Waals surface area contributed by atoms with E-state index in [0.29, 0.717) is 10.6 Å². The molecular formula is C17H19NO3S. The molecule has 0 heterocycles. The highest BCUT2D eigenvalue weighted by Gasteiger charge is 2.26. The number of nitrogens with one attached hydrogen (secondary N) is 1. The van der Waals surface area contributed by atoms with Gasteiger partial charge in [-0.15, -0.1) is 0 Å². The SMILES string of the molecule is COc1cccc2c1CCC2Nc1ccccc1S(C)(=O)=O. The summed E-state index contributed by atoms with van der Waals surface area (Å²) in [7, 11) is -1.58. The summed E-state index contributed by atoms with van der Waals surface area (Å²) in [5, 5.41) is 3.39. The number of fused-ring (bicyclic) bond motifs is 1. The summed E-state index contributed by atoms with van der Waals surface area (Å²) in [5.41, 5.74) is 3.05. The van der Waals surface area contributed by atoms with Crippen LogP contribution in [0.2, 0.25) is 0 Å². The quantitative estimate of drug-likeness (QED) is 0.941. The lowest BCUT2D eigenvalue weighted by Gasteiger charge is -2.18. The minimum Gasteiger partial charge on any atom is -0.496 e. The highest BCUT2D eigenvalue weighted by atomic mass is 32.2. The summed E-state index contributed by atoms with van der Waals surface area (Å²) in [4.78, 5) is 0.339. The molecule has 1 aliphatic carbocycles. The topological polar surface area (TPSA) is 55.4 Å². The predicted octanol–water partition coefficient (Wildman–Crippen LogP) is 3.20. The maximum atomic E-state index is 11.9. The van der Waals surface area contributed by atoms with Crippen LogP contribution in [0.15, 0.2) is 47.4 Å². The fourth-order valence-electron chi connectivity index (χ4n) is 3.06. The molecule has 0 amide bonds. The molecule has 1 atom stereocenters. The second-order valence-electron chi connectivity index (χ2n) is 5.53. The van der Waals surface area contributed by atoms with Crippen molar-refractivity contribution in [3.05, 3.63) is 53.6 Å². The van der Waals surface area contributed by atoms with E-state index in [1.165, 1.54) is 17.4 Å². The Labute approximate surface area is 131 Å². The molecular weight excluding hydrogens is 298 g/mol. The number of para-hydroxylation sites is 1. The van der Waals surface area contributed by atoms with Crippen LogP contribution in [0.4, 0.5) is 5.69 Å². The predicted molar refractivity (Wildman–Crippen MR) is 87.2 cm³/mol. The Morgan fingerprint density at radius 3 is 2.64 bits per heavy atom. The molecule has 1 N–H and O–H groups in total. The molecule has 4 nitrogen and oxygen atoms in total. The van der Waals surface area contributed by atoms with Crippen molar-refractivity contribution in [1.29, 1.82) is 0 Å². The lowest BCUT2D eigenvalue weighted by Crippen LogP contribution is -2.10. The number of sulfone groups is 1. The van der Waals surface area contributed by atoms with Crippen LogP contribution in [0.25, 0.3) is 0 Å². The fourth-order valence-corrected chi connectivity index (χ4v) is 3.91. The van der Waals surface area contributed by atoms with E-state index >= 15 is 0 Å². The standard InChI is InChI=1S/C17H19NO3S/c1-21-16-8-5-6-12-13(16)10-11-14(12)18-15-7-3-4-9-17(15)22(2,19)20/h3-9,14,18H,10-11H2,1-2H3. The highest BCUT2D eigenvalue weighted by Crippen LogP contribution is 2.39. The van der Waals surface area contributed by atoms with Crippen LogP contribution < -0.4 is 10.1 Å². The van der Waals surface area contributed by atoms with Gasteiger partial charge in [-0.1, -0.05) is 24.3 Å². The summed E-state index contributed by atoms with van der Waals surface area (Å²) in [6.45, 7) is 0. The average molecular weight is 317 g/mol. The van der Waals surface area contributed by atoms with Crippen molar-refractivity contribution in [3.8, 4) is 5.75 Å². The monoisotopic (exact) mass is 317 g/mol. The second kappa shape index (κ2) is 5.65. The Balaban J connectivity index is 1.95. The molecule has 0 aliphatic heterocycles. The van der Waals surface area contributed by atoms with E-state index in [2.05, 4.69) is 11.4 Å². The molecule has 0 radical (unpaired) electrons. The Bertz CT molecular complexity index is 799. The Morgan fingerprint density at radius 2 is 1.91 bits per heavy atom. The number of anilines is 1. The lowest BCUT2D eigenvalue weighted by molar-refractivity contribution is 0.410. The molecule has 0 saturated heterocycles. The van der Waals surface area contributed by atoms with Crippen molar-refractivity contribution >= 4 is 15.5 Å². The first-order valence-electron chi connectivity index (χ1n) is 7.22. The van der Waals surface area contributed by atoms with Gasteiger partial charge < -0.3 is 10.1 Å². The molecule has 2 aromatic rings. The van der Waals surface area contributed by atoms with Gasteiger partial charge in [0.1, 0.15) is 5.75 Å². The minimum absolute atomic E-state index is 0.105. The number of ether oxygens (including phenoxy) is 1. The molecule has 0 aromatic heterocycles. The van der Waals surface area contributed by atoms with Gasteiger partial charge in [0.25, 0.3) is 0 Å². The molecule has 116 valence electrons. The van der Waals surface area contributed by atoms with E-state index in [-0.39, 0.29) is 6.04 Å². The molecule has 1 unspecified atom stereocenters. The molecule has 0 bridgehead atoms. The number of methoxy groups -OCH3 is 1. The third-order valence-corrected chi connectivity index (χ3v) is 5.22. The number of hydrogen-bond acceptors (Lipinski definition) is 4. The molecule has 0 spiro atoms. The van der Waals surface area contributed by atoms with E-state index in [1.807, 2.05) is 24.3 Å². The van der Waals surface area contributed by atoms with Crippen LogP contribution in [0.1, 0.15) is 23.6 Å². The van der Waals surface area contributed by atoms with Crippen molar-refractivity contribution in [1.82, 2.24) is 0 Å². The molecule has 0 fully saturated rings. The van der Waals surface area contributed by atoms with Crippen LogP contribution >= 0.6 is 0 Å². The van der Waals surface area contributed by atoms with Gasteiger partial charge in [0, 0.05) is 6.26 Å². The maximum absolute atomic E-state index is 11.9. The van der Waals surface area contributed by atoms with Crippen LogP contribution in [0.5, 0.6) is 5.75 Å². The van der Waals surface area contributed by atoms with Crippen molar-refractivity contribution in [3.63, 3.8) is 0 Å². The van der Waals surface area contributed by atoms with Gasteiger partial charge in [-0.3, -0.25) is 0 Å². The van der Waals surface area contributed by atoms with Gasteiger partial charge in [-0.2, -0.15) is 0 Å². The van der Waals surface area contributed by atoms with Crippen LogP contribution in [0, 0.1) is 0 Å². The first-order valence-corrected chi connectivity index (χ1v) is 9.11. The van der Waals surface area contributed by atoms with E-state index in [4.69, 9.17) is 4.74 Å². The molecule has 22 heavy (non-hydrogen) atoms. The number of benzene rings is 2. The highest BCUT2D eigenvalue weighted by molar-refractivity contribution is 7.90. The molecule has 1 aliphatic rings. The van der Waals surface area contributed by atoms with Gasteiger partial charge in [0.2, 0.25) is 0 Å². The average Bonchev–Trinajstić information content (AvgIpc) is 2.90. The Hall–Kier alpha value is -2.01. The molecule has 2 aromatic carbocycles. The Morgan fingerprint density at radius 1 is 1.14 bits per heavy atom. The smallest absolute Gasteiger partial charge is 0.177 e. The van der Waals surface area contributed by atoms with Crippen LogP contribution in [-0.2, 0) is 16.3 Å². The molecule has 3 rings (SSSR count). The van der Waals surface area contributed by atoms with Gasteiger partial charge in [0.15, 0.2) is 9.84 Å². The van der Waals surface area contributed by atoms with Crippen molar-refractivity contribution in [2.75, 3.05) is 18.7 Å². The van der Waals surface area contributed by atoms with Gasteiger partial charge in [-0.25, -0.2) is 8.42 Å². The number of hydrogen-bond donors (Lipinski definition) is 1. The summed E-state index contributed by atoms with van der Waals surface area (Å²) < 4.78 is 29.2. The van der Waals surface area contributed by atoms with Crippen LogP contribution in [0.3, 0.4) is 0 Å². The van der Waals surface area contributed by atoms with Gasteiger partial charge >= 0.3 is 0 Å². The molecule has 0 saturated carbocycles. The molecule has 5 heteroatoms. The third kappa shape index (κ3) is 2.68. The summed E-state index contributed by atoms with van der Waals surface area (Å²) in [6.07, 6.45) is 3.09. The van der Waals surface area contributed by atoms with E-state index in [9.17, 15) is 8.42 Å². The third-order valence-electron chi connectivity index (χ3n) is 4.06. The summed E-state index contributed by atoms with van der Waals surface area (Å²) >= 11 is 0. The lowest BCUT2D eigenvalue weighted by atomic mass is 10.1. The van der Waals surface area contributed by atoms with E-state index in [0.717, 1.165) is 18.6 Å². The zero-order chi connectivity index (χ0) is 15.7. The summed E-state index contributed by atoms with van der Waals surface area (Å²) in [5.74, 6) is 0.901. The Kier molecular flexibility index (Phi) is 3.83. The van der Waals surface area contributed by atoms with Crippen LogP contribution in [-0.4, -0.2) is 21.8 Å². The van der Waals surface area contributed by atoms with Gasteiger partial charge in [-0.05, 0) is 42.2 Å². The van der Waals surface area contributed by atoms with Crippen molar-refractivity contribution < 1.29 is 13.2 Å². The zero-order valence-electron chi connectivity index (χ0n) is 12.7. The summed E-state index contributed by atoms with van der Waals surface area (Å²) in [6, 6.07) is 13.2. The fraction of sp³-hybridized carbons (Fsp3) is 0.294. The van der Waals surface area contributed by atoms with Gasteiger partial charge in [0.05, 0.1) is 23.7 Å².